The van der Waals surface area contributed by atoms with E-state index < -0.39 is 0 Å². The standard InChI is InChI=1S/C19H22N2O3/c1-14-9-10-18(24-3)17(13-14)21(15(2)22)12-11-20-19(23)16-7-5-4-6-8-16/h4-10,13H,11-12H2,1-3H3,(H,20,23). The highest BCUT2D eigenvalue weighted by molar-refractivity contribution is 5.95. The molecule has 5 nitrogen and oxygen atoms in total. The van der Waals surface area contributed by atoms with Crippen molar-refractivity contribution in [3.05, 3.63) is 59.7 Å². The summed E-state index contributed by atoms with van der Waals surface area (Å²) >= 11 is 0. The van der Waals surface area contributed by atoms with Crippen molar-refractivity contribution in [3.63, 3.8) is 0 Å². The molecule has 0 spiro atoms. The Labute approximate surface area is 142 Å². The first-order chi connectivity index (χ1) is 11.5. The minimum absolute atomic E-state index is 0.104. The van der Waals surface area contributed by atoms with Crippen LogP contribution in [0.2, 0.25) is 0 Å². The third kappa shape index (κ3) is 4.35. The molecule has 0 aliphatic heterocycles. The molecule has 126 valence electrons. The lowest BCUT2D eigenvalue weighted by molar-refractivity contribution is -0.116. The van der Waals surface area contributed by atoms with Crippen LogP contribution < -0.4 is 15.0 Å². The maximum Gasteiger partial charge on any atom is 0.251 e. The van der Waals surface area contributed by atoms with Crippen LogP contribution in [0.25, 0.3) is 0 Å². The molecular weight excluding hydrogens is 304 g/mol. The number of carbonyl (C=O) groups excluding carboxylic acids is 2. The van der Waals surface area contributed by atoms with E-state index in [4.69, 9.17) is 4.74 Å². The molecule has 2 amide bonds. The third-order valence-corrected chi connectivity index (χ3v) is 3.66. The first-order valence-corrected chi connectivity index (χ1v) is 7.79. The van der Waals surface area contributed by atoms with Crippen LogP contribution in [-0.4, -0.2) is 32.0 Å². The van der Waals surface area contributed by atoms with Gasteiger partial charge in [-0.1, -0.05) is 24.3 Å². The van der Waals surface area contributed by atoms with Gasteiger partial charge in [-0.25, -0.2) is 0 Å². The second-order valence-electron chi connectivity index (χ2n) is 5.47. The smallest absolute Gasteiger partial charge is 0.251 e. The molecule has 0 saturated heterocycles. The first-order valence-electron chi connectivity index (χ1n) is 7.79. The summed E-state index contributed by atoms with van der Waals surface area (Å²) in [4.78, 5) is 25.7. The predicted molar refractivity (Wildman–Crippen MR) is 94.5 cm³/mol. The van der Waals surface area contributed by atoms with Gasteiger partial charge in [-0.3, -0.25) is 9.59 Å². The summed E-state index contributed by atoms with van der Waals surface area (Å²) in [5, 5.41) is 2.83. The van der Waals surface area contributed by atoms with E-state index in [0.29, 0.717) is 30.1 Å². The van der Waals surface area contributed by atoms with Crippen molar-refractivity contribution in [2.75, 3.05) is 25.1 Å². The van der Waals surface area contributed by atoms with Crippen molar-refractivity contribution < 1.29 is 14.3 Å². The van der Waals surface area contributed by atoms with Gasteiger partial charge in [0.25, 0.3) is 5.91 Å². The fourth-order valence-electron chi connectivity index (χ4n) is 2.43. The van der Waals surface area contributed by atoms with Crippen molar-refractivity contribution in [1.82, 2.24) is 5.32 Å². The van der Waals surface area contributed by atoms with Gasteiger partial charge in [-0.15, -0.1) is 0 Å². The molecule has 0 aliphatic rings. The van der Waals surface area contributed by atoms with Crippen LogP contribution >= 0.6 is 0 Å². The number of benzene rings is 2. The van der Waals surface area contributed by atoms with Crippen molar-refractivity contribution in [2.24, 2.45) is 0 Å². The van der Waals surface area contributed by atoms with Crippen LogP contribution in [0, 0.1) is 6.92 Å². The second kappa shape index (κ2) is 8.15. The number of hydrogen-bond acceptors (Lipinski definition) is 3. The SMILES string of the molecule is COc1ccc(C)cc1N(CCNC(=O)c1ccccc1)C(C)=O. The van der Waals surface area contributed by atoms with Crippen molar-refractivity contribution in [1.29, 1.82) is 0 Å². The number of rotatable bonds is 6. The number of amides is 2. The minimum Gasteiger partial charge on any atom is -0.495 e. The maximum absolute atomic E-state index is 12.1. The molecule has 2 aromatic rings. The molecule has 0 saturated carbocycles. The molecule has 24 heavy (non-hydrogen) atoms. The molecule has 5 heteroatoms. The first kappa shape index (κ1) is 17.5. The fourth-order valence-corrected chi connectivity index (χ4v) is 2.43. The number of anilines is 1. The summed E-state index contributed by atoms with van der Waals surface area (Å²) in [6.07, 6.45) is 0. The van der Waals surface area contributed by atoms with E-state index in [0.717, 1.165) is 5.56 Å². The highest BCUT2D eigenvalue weighted by atomic mass is 16.5. The summed E-state index contributed by atoms with van der Waals surface area (Å²) in [6, 6.07) is 14.7. The molecule has 0 atom stereocenters. The van der Waals surface area contributed by atoms with E-state index in [-0.39, 0.29) is 11.8 Å². The topological polar surface area (TPSA) is 58.6 Å². The zero-order valence-electron chi connectivity index (χ0n) is 14.2. The Kier molecular flexibility index (Phi) is 5.95. The Morgan fingerprint density at radius 2 is 1.83 bits per heavy atom. The van der Waals surface area contributed by atoms with Gasteiger partial charge < -0.3 is 15.0 Å². The molecule has 0 aliphatic carbocycles. The van der Waals surface area contributed by atoms with Crippen LogP contribution in [-0.2, 0) is 4.79 Å². The van der Waals surface area contributed by atoms with Crippen molar-refractivity contribution in [3.8, 4) is 5.75 Å². The average Bonchev–Trinajstić information content (AvgIpc) is 2.59. The van der Waals surface area contributed by atoms with E-state index in [1.165, 1.54) is 6.92 Å². The second-order valence-corrected chi connectivity index (χ2v) is 5.47. The predicted octanol–water partition coefficient (Wildman–Crippen LogP) is 2.79. The van der Waals surface area contributed by atoms with E-state index in [1.807, 2.05) is 43.3 Å². The van der Waals surface area contributed by atoms with Gasteiger partial charge in [-0.05, 0) is 36.8 Å². The summed E-state index contributed by atoms with van der Waals surface area (Å²) in [7, 11) is 1.57. The lowest BCUT2D eigenvalue weighted by Gasteiger charge is -2.24. The largest absolute Gasteiger partial charge is 0.495 e. The summed E-state index contributed by atoms with van der Waals surface area (Å²) in [6.45, 7) is 4.18. The van der Waals surface area contributed by atoms with Crippen molar-refractivity contribution in [2.45, 2.75) is 13.8 Å². The molecule has 0 fully saturated rings. The Morgan fingerprint density at radius 3 is 2.46 bits per heavy atom. The van der Waals surface area contributed by atoms with Crippen LogP contribution in [0.3, 0.4) is 0 Å². The molecule has 0 aromatic heterocycles. The Bertz CT molecular complexity index is 714. The molecule has 2 rings (SSSR count). The van der Waals surface area contributed by atoms with Gasteiger partial charge in [0.1, 0.15) is 5.75 Å². The lowest BCUT2D eigenvalue weighted by Crippen LogP contribution is -2.37. The highest BCUT2D eigenvalue weighted by Crippen LogP contribution is 2.29. The summed E-state index contributed by atoms with van der Waals surface area (Å²) in [5.41, 5.74) is 2.34. The normalized spacial score (nSPS) is 10.1. The quantitative estimate of drug-likeness (QED) is 0.888. The molecule has 0 heterocycles. The van der Waals surface area contributed by atoms with Crippen LogP contribution in [0.4, 0.5) is 5.69 Å². The monoisotopic (exact) mass is 326 g/mol. The van der Waals surface area contributed by atoms with Crippen LogP contribution in [0.1, 0.15) is 22.8 Å². The summed E-state index contributed by atoms with van der Waals surface area (Å²) < 4.78 is 5.35. The van der Waals surface area contributed by atoms with Gasteiger partial charge in [0.2, 0.25) is 5.91 Å². The van der Waals surface area contributed by atoms with E-state index in [1.54, 1.807) is 24.1 Å². The van der Waals surface area contributed by atoms with E-state index in [2.05, 4.69) is 5.32 Å². The van der Waals surface area contributed by atoms with Gasteiger partial charge in [-0.2, -0.15) is 0 Å². The van der Waals surface area contributed by atoms with Gasteiger partial charge in [0, 0.05) is 25.6 Å². The van der Waals surface area contributed by atoms with Crippen molar-refractivity contribution >= 4 is 17.5 Å². The zero-order valence-corrected chi connectivity index (χ0v) is 14.2. The fraction of sp³-hybridized carbons (Fsp3) is 0.263. The number of nitrogens with zero attached hydrogens (tertiary/aromatic N) is 1. The number of methoxy groups -OCH3 is 1. The minimum atomic E-state index is -0.157. The highest BCUT2D eigenvalue weighted by Gasteiger charge is 2.16. The Hall–Kier alpha value is -2.82. The number of nitrogens with one attached hydrogen (secondary N) is 1. The molecule has 0 unspecified atom stereocenters. The molecular formula is C19H22N2O3. The summed E-state index contributed by atoms with van der Waals surface area (Å²) in [5.74, 6) is 0.369. The molecule has 1 N–H and O–H groups in total. The third-order valence-electron chi connectivity index (χ3n) is 3.66. The number of aryl methyl sites for hydroxylation is 1. The number of ether oxygens (including phenoxy) is 1. The molecule has 0 radical (unpaired) electrons. The van der Waals surface area contributed by atoms with Gasteiger partial charge in [0.05, 0.1) is 12.8 Å². The van der Waals surface area contributed by atoms with Gasteiger partial charge >= 0.3 is 0 Å². The van der Waals surface area contributed by atoms with Crippen LogP contribution in [0.15, 0.2) is 48.5 Å². The zero-order chi connectivity index (χ0) is 17.5. The lowest BCUT2D eigenvalue weighted by atomic mass is 10.2. The Morgan fingerprint density at radius 1 is 1.12 bits per heavy atom. The van der Waals surface area contributed by atoms with E-state index in [9.17, 15) is 9.59 Å². The maximum atomic E-state index is 12.1. The number of carbonyl (C=O) groups is 2. The number of hydrogen-bond donors (Lipinski definition) is 1. The average molecular weight is 326 g/mol. The van der Waals surface area contributed by atoms with E-state index >= 15 is 0 Å². The Balaban J connectivity index is 2.06. The van der Waals surface area contributed by atoms with Gasteiger partial charge in [0.15, 0.2) is 0 Å². The molecule has 0 bridgehead atoms. The molecule has 2 aromatic carbocycles. The van der Waals surface area contributed by atoms with Crippen LogP contribution in [0.5, 0.6) is 5.75 Å².